The molecule has 12 heteroatoms. The fourth-order valence-electron chi connectivity index (χ4n) is 3.07. The van der Waals surface area contributed by atoms with Crippen LogP contribution < -0.4 is 27.4 Å². The Labute approximate surface area is 197 Å². The molecule has 0 aliphatic rings. The van der Waals surface area contributed by atoms with Crippen LogP contribution in [0, 0.1) is 5.92 Å². The van der Waals surface area contributed by atoms with E-state index in [0.29, 0.717) is 0 Å². The van der Waals surface area contributed by atoms with Crippen molar-refractivity contribution in [2.45, 2.75) is 63.9 Å². The molecule has 5 atom stereocenters. The molecular weight excluding hydrogens is 446 g/mol. The van der Waals surface area contributed by atoms with Crippen molar-refractivity contribution in [1.29, 1.82) is 0 Å². The van der Waals surface area contributed by atoms with Gasteiger partial charge >= 0.3 is 5.97 Å². The van der Waals surface area contributed by atoms with Crippen molar-refractivity contribution in [3.63, 3.8) is 0 Å². The van der Waals surface area contributed by atoms with Crippen LogP contribution in [0.15, 0.2) is 30.3 Å². The first-order valence-electron chi connectivity index (χ1n) is 10.7. The van der Waals surface area contributed by atoms with E-state index in [1.807, 2.05) is 18.2 Å². The van der Waals surface area contributed by atoms with Crippen molar-refractivity contribution in [2.75, 3.05) is 0 Å². The number of aliphatic hydroxyl groups excluding tert-OH is 1. The number of nitrogens with two attached hydrogens (primary N) is 2. The van der Waals surface area contributed by atoms with Gasteiger partial charge in [0, 0.05) is 0 Å². The van der Waals surface area contributed by atoms with Crippen LogP contribution in [-0.2, 0) is 30.4 Å². The summed E-state index contributed by atoms with van der Waals surface area (Å²) in [5, 5.41) is 25.6. The Bertz CT molecular complexity index is 876. The van der Waals surface area contributed by atoms with E-state index in [0.717, 1.165) is 12.5 Å². The van der Waals surface area contributed by atoms with Crippen molar-refractivity contribution >= 4 is 29.6 Å². The number of carboxylic acid groups (broad SMARTS) is 1. The highest BCUT2D eigenvalue weighted by Gasteiger charge is 2.33. The number of carbonyl (C=O) groups is 5. The van der Waals surface area contributed by atoms with Crippen LogP contribution in [0.4, 0.5) is 0 Å². The van der Waals surface area contributed by atoms with Crippen molar-refractivity contribution in [1.82, 2.24) is 16.0 Å². The van der Waals surface area contributed by atoms with E-state index in [1.54, 1.807) is 26.0 Å². The first-order valence-corrected chi connectivity index (χ1v) is 10.7. The van der Waals surface area contributed by atoms with Crippen molar-refractivity contribution in [3.05, 3.63) is 35.9 Å². The third-order valence-electron chi connectivity index (χ3n) is 4.97. The molecule has 0 aromatic heterocycles. The molecule has 5 unspecified atom stereocenters. The van der Waals surface area contributed by atoms with Crippen LogP contribution in [0.5, 0.6) is 0 Å². The van der Waals surface area contributed by atoms with Crippen molar-refractivity contribution in [2.24, 2.45) is 17.4 Å². The zero-order valence-corrected chi connectivity index (χ0v) is 19.4. The third-order valence-corrected chi connectivity index (χ3v) is 4.97. The number of hydrogen-bond donors (Lipinski definition) is 7. The predicted molar refractivity (Wildman–Crippen MR) is 122 cm³/mol. The molecule has 12 nitrogen and oxygen atoms in total. The van der Waals surface area contributed by atoms with E-state index in [-0.39, 0.29) is 6.42 Å². The minimum Gasteiger partial charge on any atom is -0.480 e. The van der Waals surface area contributed by atoms with Gasteiger partial charge in [0.1, 0.15) is 12.1 Å². The Morgan fingerprint density at radius 3 is 1.91 bits per heavy atom. The summed E-state index contributed by atoms with van der Waals surface area (Å²) in [7, 11) is 0. The molecule has 0 heterocycles. The first-order chi connectivity index (χ1) is 15.8. The molecule has 0 fully saturated rings. The molecule has 4 amide bonds. The Kier molecular flexibility index (Phi) is 11.1. The van der Waals surface area contributed by atoms with Gasteiger partial charge in [-0.05, 0) is 24.8 Å². The van der Waals surface area contributed by atoms with Crippen LogP contribution in [0.2, 0.25) is 0 Å². The molecule has 1 rings (SSSR count). The number of amides is 4. The van der Waals surface area contributed by atoms with Crippen LogP contribution in [0.25, 0.3) is 0 Å². The lowest BCUT2D eigenvalue weighted by Crippen LogP contribution is -2.60. The average molecular weight is 480 g/mol. The van der Waals surface area contributed by atoms with Gasteiger partial charge in [0.2, 0.25) is 23.6 Å². The quantitative estimate of drug-likeness (QED) is 0.168. The molecule has 0 saturated heterocycles. The second kappa shape index (κ2) is 13.3. The summed E-state index contributed by atoms with van der Waals surface area (Å²) in [5.74, 6) is -5.27. The minimum atomic E-state index is -1.67. The molecule has 0 aliphatic heterocycles. The van der Waals surface area contributed by atoms with Crippen molar-refractivity contribution in [3.8, 4) is 0 Å². The zero-order chi connectivity index (χ0) is 26.0. The van der Waals surface area contributed by atoms with E-state index >= 15 is 0 Å². The highest BCUT2D eigenvalue weighted by molar-refractivity contribution is 5.96. The molecule has 0 spiro atoms. The molecule has 0 bridgehead atoms. The average Bonchev–Trinajstić information content (AvgIpc) is 2.74. The predicted octanol–water partition coefficient (Wildman–Crippen LogP) is -1.99. The SMILES string of the molecule is CC(C)C(NC(=O)C(N)Cc1ccccc1)C(=O)NC(CC(N)=O)C(=O)NC(C(=O)O)C(C)O. The summed E-state index contributed by atoms with van der Waals surface area (Å²) in [6, 6.07) is 3.81. The fraction of sp³-hybridized carbons (Fsp3) is 0.500. The van der Waals surface area contributed by atoms with E-state index in [4.69, 9.17) is 16.6 Å². The lowest BCUT2D eigenvalue weighted by atomic mass is 10.0. The molecule has 34 heavy (non-hydrogen) atoms. The van der Waals surface area contributed by atoms with Crippen LogP contribution in [-0.4, -0.2) is 70.1 Å². The van der Waals surface area contributed by atoms with Crippen LogP contribution >= 0.6 is 0 Å². The summed E-state index contributed by atoms with van der Waals surface area (Å²) in [6.07, 6.45) is -1.84. The summed E-state index contributed by atoms with van der Waals surface area (Å²) in [4.78, 5) is 60.7. The molecule has 0 saturated carbocycles. The monoisotopic (exact) mass is 479 g/mol. The third kappa shape index (κ3) is 9.16. The number of aliphatic carboxylic acids is 1. The number of carbonyl (C=O) groups excluding carboxylic acids is 4. The summed E-state index contributed by atoms with van der Waals surface area (Å²) < 4.78 is 0. The lowest BCUT2D eigenvalue weighted by Gasteiger charge is -2.27. The number of carboxylic acids is 1. The van der Waals surface area contributed by atoms with E-state index in [1.165, 1.54) is 0 Å². The Hall–Kier alpha value is -3.51. The number of aliphatic hydroxyl groups is 1. The molecule has 0 radical (unpaired) electrons. The van der Waals surface area contributed by atoms with Gasteiger partial charge in [0.05, 0.1) is 18.6 Å². The molecule has 0 aliphatic carbocycles. The van der Waals surface area contributed by atoms with Crippen LogP contribution in [0.1, 0.15) is 32.8 Å². The fourth-order valence-corrected chi connectivity index (χ4v) is 3.07. The standard InChI is InChI=1S/C22H33N5O7/c1-11(2)17(26-19(30)14(23)9-13-7-5-4-6-8-13)21(32)25-15(10-16(24)29)20(31)27-18(12(3)28)22(33)34/h4-8,11-12,14-15,17-18,28H,9-10,23H2,1-3H3,(H2,24,29)(H,25,32)(H,26,30)(H,27,31)(H,33,34). The van der Waals surface area contributed by atoms with Gasteiger partial charge in [0.25, 0.3) is 0 Å². The number of rotatable bonds is 13. The van der Waals surface area contributed by atoms with E-state index < -0.39 is 72.2 Å². The first kappa shape index (κ1) is 28.5. The van der Waals surface area contributed by atoms with Gasteiger partial charge in [-0.15, -0.1) is 0 Å². The smallest absolute Gasteiger partial charge is 0.328 e. The summed E-state index contributed by atoms with van der Waals surface area (Å²) >= 11 is 0. The number of nitrogens with one attached hydrogen (secondary N) is 3. The molecule has 188 valence electrons. The molecule has 9 N–H and O–H groups in total. The molecular formula is C22H33N5O7. The minimum absolute atomic E-state index is 0.238. The Morgan fingerprint density at radius 2 is 1.44 bits per heavy atom. The van der Waals surface area contributed by atoms with E-state index in [9.17, 15) is 29.1 Å². The van der Waals surface area contributed by atoms with Gasteiger partial charge < -0.3 is 37.6 Å². The van der Waals surface area contributed by atoms with Gasteiger partial charge in [0.15, 0.2) is 6.04 Å². The zero-order valence-electron chi connectivity index (χ0n) is 19.4. The Balaban J connectivity index is 2.93. The highest BCUT2D eigenvalue weighted by atomic mass is 16.4. The van der Waals surface area contributed by atoms with Crippen LogP contribution in [0.3, 0.4) is 0 Å². The lowest BCUT2D eigenvalue weighted by molar-refractivity contribution is -0.145. The van der Waals surface area contributed by atoms with Gasteiger partial charge in [-0.25, -0.2) is 4.79 Å². The Morgan fingerprint density at radius 1 is 0.882 bits per heavy atom. The normalized spacial score (nSPS) is 15.4. The van der Waals surface area contributed by atoms with Gasteiger partial charge in [-0.3, -0.25) is 19.2 Å². The number of benzene rings is 1. The summed E-state index contributed by atoms with van der Waals surface area (Å²) in [5.41, 5.74) is 12.0. The largest absolute Gasteiger partial charge is 0.480 e. The van der Waals surface area contributed by atoms with Gasteiger partial charge in [-0.1, -0.05) is 44.2 Å². The number of primary amides is 1. The van der Waals surface area contributed by atoms with E-state index in [2.05, 4.69) is 16.0 Å². The maximum absolute atomic E-state index is 12.9. The van der Waals surface area contributed by atoms with Crippen molar-refractivity contribution < 1.29 is 34.2 Å². The topological polar surface area (TPSA) is 214 Å². The maximum atomic E-state index is 12.9. The molecule has 1 aromatic rings. The molecule has 1 aromatic carbocycles. The second-order valence-corrected chi connectivity index (χ2v) is 8.32. The van der Waals surface area contributed by atoms with Gasteiger partial charge in [-0.2, -0.15) is 0 Å². The second-order valence-electron chi connectivity index (χ2n) is 8.32. The number of hydrogen-bond acceptors (Lipinski definition) is 7. The highest BCUT2D eigenvalue weighted by Crippen LogP contribution is 2.07. The summed E-state index contributed by atoms with van der Waals surface area (Å²) in [6.45, 7) is 4.47. The maximum Gasteiger partial charge on any atom is 0.328 e.